The van der Waals surface area contributed by atoms with Gasteiger partial charge >= 0.3 is 0 Å². The number of hydrogen-bond donors (Lipinski definition) is 2. The predicted octanol–water partition coefficient (Wildman–Crippen LogP) is 3.02. The second kappa shape index (κ2) is 8.55. The van der Waals surface area contributed by atoms with Crippen molar-refractivity contribution in [2.75, 3.05) is 31.6 Å². The van der Waals surface area contributed by atoms with Gasteiger partial charge in [0.15, 0.2) is 0 Å². The van der Waals surface area contributed by atoms with Gasteiger partial charge < -0.3 is 15.2 Å². The van der Waals surface area contributed by atoms with E-state index in [4.69, 9.17) is 4.74 Å². The van der Waals surface area contributed by atoms with Crippen LogP contribution in [-0.4, -0.2) is 52.0 Å². The van der Waals surface area contributed by atoms with Gasteiger partial charge in [0.1, 0.15) is 11.6 Å². The van der Waals surface area contributed by atoms with Crippen LogP contribution in [-0.2, 0) is 16.1 Å². The maximum absolute atomic E-state index is 12.4. The standard InChI is InChI=1S/C22H30N4O3/c1-15-11-17(12-16(2)21(15)27)13-25-8-4-19(5-9-25)26-20(3-7-23-26)24-22(28)18-6-10-29-14-18/h3,7,11-12,18-19,27H,4-6,8-10,13-14H2,1-2H3,(H,24,28)/t18-/m0/s1. The van der Waals surface area contributed by atoms with Gasteiger partial charge in [-0.1, -0.05) is 12.1 Å². The summed E-state index contributed by atoms with van der Waals surface area (Å²) in [5.74, 6) is 1.15. The number of piperidine rings is 1. The van der Waals surface area contributed by atoms with Crippen LogP contribution < -0.4 is 5.32 Å². The van der Waals surface area contributed by atoms with E-state index in [0.717, 1.165) is 55.8 Å². The molecule has 1 aromatic heterocycles. The van der Waals surface area contributed by atoms with Crippen LogP contribution >= 0.6 is 0 Å². The Morgan fingerprint density at radius 1 is 1.24 bits per heavy atom. The van der Waals surface area contributed by atoms with Gasteiger partial charge in [-0.25, -0.2) is 4.68 Å². The molecule has 2 aliphatic heterocycles. The van der Waals surface area contributed by atoms with Crippen LogP contribution in [0.1, 0.15) is 42.0 Å². The van der Waals surface area contributed by atoms with Gasteiger partial charge in [0, 0.05) is 32.3 Å². The lowest BCUT2D eigenvalue weighted by atomic mass is 10.0. The molecule has 0 radical (unpaired) electrons. The summed E-state index contributed by atoms with van der Waals surface area (Å²) in [5.41, 5.74) is 3.10. The van der Waals surface area contributed by atoms with Crippen LogP contribution in [0.15, 0.2) is 24.4 Å². The molecule has 7 nitrogen and oxygen atoms in total. The van der Waals surface area contributed by atoms with Gasteiger partial charge in [0.2, 0.25) is 5.91 Å². The molecule has 2 N–H and O–H groups in total. The largest absolute Gasteiger partial charge is 0.507 e. The number of benzene rings is 1. The van der Waals surface area contributed by atoms with Crippen molar-refractivity contribution in [3.8, 4) is 5.75 Å². The first kappa shape index (κ1) is 19.9. The fraction of sp³-hybridized carbons (Fsp3) is 0.545. The van der Waals surface area contributed by atoms with Crippen molar-refractivity contribution in [1.29, 1.82) is 0 Å². The number of anilines is 1. The zero-order chi connectivity index (χ0) is 20.4. The smallest absolute Gasteiger partial charge is 0.231 e. The second-order valence-corrected chi connectivity index (χ2v) is 8.30. The number of likely N-dealkylation sites (tertiary alicyclic amines) is 1. The van der Waals surface area contributed by atoms with E-state index in [1.807, 2.05) is 24.6 Å². The normalized spacial score (nSPS) is 20.8. The van der Waals surface area contributed by atoms with Gasteiger partial charge in [0.25, 0.3) is 0 Å². The first-order chi connectivity index (χ1) is 14.0. The van der Waals surface area contributed by atoms with E-state index in [9.17, 15) is 9.90 Å². The van der Waals surface area contributed by atoms with Crippen molar-refractivity contribution in [3.05, 3.63) is 41.1 Å². The summed E-state index contributed by atoms with van der Waals surface area (Å²) >= 11 is 0. The van der Waals surface area contributed by atoms with E-state index in [0.29, 0.717) is 25.0 Å². The van der Waals surface area contributed by atoms with Gasteiger partial charge in [-0.3, -0.25) is 9.69 Å². The maximum Gasteiger partial charge on any atom is 0.231 e. The average molecular weight is 399 g/mol. The number of aromatic hydroxyl groups is 1. The number of rotatable bonds is 5. The van der Waals surface area contributed by atoms with E-state index < -0.39 is 0 Å². The number of carbonyl (C=O) groups is 1. The Labute approximate surface area is 171 Å². The Morgan fingerprint density at radius 2 is 1.97 bits per heavy atom. The number of aromatic nitrogens is 2. The minimum absolute atomic E-state index is 0.0276. The summed E-state index contributed by atoms with van der Waals surface area (Å²) in [6.45, 7) is 7.91. The molecule has 156 valence electrons. The SMILES string of the molecule is Cc1cc(CN2CCC(n3nccc3NC(=O)[C@H]3CCOC3)CC2)cc(C)c1O. The third kappa shape index (κ3) is 4.46. The first-order valence-corrected chi connectivity index (χ1v) is 10.4. The molecule has 0 spiro atoms. The highest BCUT2D eigenvalue weighted by Crippen LogP contribution is 2.28. The van der Waals surface area contributed by atoms with Crippen molar-refractivity contribution in [3.63, 3.8) is 0 Å². The Hall–Kier alpha value is -2.38. The highest BCUT2D eigenvalue weighted by molar-refractivity contribution is 5.92. The van der Waals surface area contributed by atoms with Crippen LogP contribution in [0, 0.1) is 19.8 Å². The fourth-order valence-electron chi connectivity index (χ4n) is 4.39. The molecule has 0 unspecified atom stereocenters. The van der Waals surface area contributed by atoms with Crippen molar-refractivity contribution in [1.82, 2.24) is 14.7 Å². The zero-order valence-electron chi connectivity index (χ0n) is 17.2. The fourth-order valence-corrected chi connectivity index (χ4v) is 4.39. The molecular weight excluding hydrogens is 368 g/mol. The molecule has 4 rings (SSSR count). The molecule has 0 saturated carbocycles. The van der Waals surface area contributed by atoms with Gasteiger partial charge in [-0.15, -0.1) is 0 Å². The molecule has 1 aromatic carbocycles. The number of nitrogens with zero attached hydrogens (tertiary/aromatic N) is 3. The molecule has 0 bridgehead atoms. The van der Waals surface area contributed by atoms with Crippen LogP contribution in [0.2, 0.25) is 0 Å². The highest BCUT2D eigenvalue weighted by atomic mass is 16.5. The van der Waals surface area contributed by atoms with Gasteiger partial charge in [-0.2, -0.15) is 5.10 Å². The summed E-state index contributed by atoms with van der Waals surface area (Å²) in [6.07, 6.45) is 4.53. The Bertz CT molecular complexity index is 842. The zero-order valence-corrected chi connectivity index (χ0v) is 17.2. The average Bonchev–Trinajstić information content (AvgIpc) is 3.39. The summed E-state index contributed by atoms with van der Waals surface area (Å²) in [5, 5.41) is 17.5. The van der Waals surface area contributed by atoms with Gasteiger partial charge in [-0.05, 0) is 49.8 Å². The summed E-state index contributed by atoms with van der Waals surface area (Å²) in [6, 6.07) is 6.31. The topological polar surface area (TPSA) is 79.6 Å². The molecular formula is C22H30N4O3. The van der Waals surface area contributed by atoms with E-state index in [-0.39, 0.29) is 11.8 Å². The van der Waals surface area contributed by atoms with E-state index in [1.165, 1.54) is 5.56 Å². The van der Waals surface area contributed by atoms with E-state index >= 15 is 0 Å². The lowest BCUT2D eigenvalue weighted by molar-refractivity contribution is -0.119. The molecule has 29 heavy (non-hydrogen) atoms. The number of phenolic OH excluding ortho intramolecular Hbond substituents is 1. The number of aryl methyl sites for hydroxylation is 2. The molecule has 7 heteroatoms. The van der Waals surface area contributed by atoms with Crippen molar-refractivity contribution < 1.29 is 14.6 Å². The number of amides is 1. The quantitative estimate of drug-likeness (QED) is 0.809. The Morgan fingerprint density at radius 3 is 2.62 bits per heavy atom. The van der Waals surface area contributed by atoms with Crippen LogP contribution in [0.25, 0.3) is 0 Å². The molecule has 2 fully saturated rings. The lowest BCUT2D eigenvalue weighted by Gasteiger charge is -2.33. The summed E-state index contributed by atoms with van der Waals surface area (Å²) in [7, 11) is 0. The summed E-state index contributed by atoms with van der Waals surface area (Å²) in [4.78, 5) is 14.9. The monoisotopic (exact) mass is 398 g/mol. The van der Waals surface area contributed by atoms with E-state index in [1.54, 1.807) is 6.20 Å². The highest BCUT2D eigenvalue weighted by Gasteiger charge is 2.27. The van der Waals surface area contributed by atoms with Crippen molar-refractivity contribution >= 4 is 11.7 Å². The number of hydrogen-bond acceptors (Lipinski definition) is 5. The molecule has 2 saturated heterocycles. The molecule has 2 aromatic rings. The minimum Gasteiger partial charge on any atom is -0.507 e. The Kier molecular flexibility index (Phi) is 5.87. The third-order valence-corrected chi connectivity index (χ3v) is 6.08. The molecule has 1 amide bonds. The maximum atomic E-state index is 12.4. The minimum atomic E-state index is -0.0579. The number of carbonyl (C=O) groups excluding carboxylic acids is 1. The van der Waals surface area contributed by atoms with Crippen LogP contribution in [0.5, 0.6) is 5.75 Å². The summed E-state index contributed by atoms with van der Waals surface area (Å²) < 4.78 is 7.30. The molecule has 2 aliphatic rings. The van der Waals surface area contributed by atoms with Gasteiger partial charge in [0.05, 0.1) is 24.8 Å². The third-order valence-electron chi connectivity index (χ3n) is 6.08. The number of phenols is 1. The lowest BCUT2D eigenvalue weighted by Crippen LogP contribution is -2.35. The number of ether oxygens (including phenoxy) is 1. The second-order valence-electron chi connectivity index (χ2n) is 8.30. The molecule has 0 aliphatic carbocycles. The van der Waals surface area contributed by atoms with E-state index in [2.05, 4.69) is 27.4 Å². The van der Waals surface area contributed by atoms with Crippen molar-refractivity contribution in [2.24, 2.45) is 5.92 Å². The first-order valence-electron chi connectivity index (χ1n) is 10.4. The molecule has 1 atom stereocenters. The number of nitrogens with one attached hydrogen (secondary N) is 1. The predicted molar refractivity (Wildman–Crippen MR) is 111 cm³/mol. The van der Waals surface area contributed by atoms with Crippen LogP contribution in [0.3, 0.4) is 0 Å². The molecule has 3 heterocycles. The van der Waals surface area contributed by atoms with Crippen LogP contribution in [0.4, 0.5) is 5.82 Å². The van der Waals surface area contributed by atoms with Crippen molar-refractivity contribution in [2.45, 2.75) is 45.7 Å². The Balaban J connectivity index is 1.34.